The van der Waals surface area contributed by atoms with Gasteiger partial charge in [-0.25, -0.2) is 0 Å². The van der Waals surface area contributed by atoms with Crippen LogP contribution in [-0.4, -0.2) is 83.7 Å². The molecule has 0 saturated carbocycles. The van der Waals surface area contributed by atoms with E-state index in [9.17, 15) is 34.5 Å². The number of aliphatic hydroxyl groups is 3. The number of nitrogens with zero attached hydrogens (tertiary/aromatic N) is 2. The van der Waals surface area contributed by atoms with E-state index in [2.05, 4.69) is 10.6 Å². The zero-order chi connectivity index (χ0) is 38.0. The molecule has 1 spiro atoms. The van der Waals surface area contributed by atoms with Crippen molar-refractivity contribution in [1.29, 1.82) is 0 Å². The molecule has 12 nitrogen and oxygen atoms in total. The fourth-order valence-corrected chi connectivity index (χ4v) is 9.92. The van der Waals surface area contributed by atoms with E-state index < -0.39 is 61.5 Å². The van der Waals surface area contributed by atoms with Crippen LogP contribution in [0.15, 0.2) is 72.8 Å². The van der Waals surface area contributed by atoms with Gasteiger partial charge in [-0.2, -0.15) is 0 Å². The fraction of sp³-hybridized carbons (Fsp3) is 0.421. The zero-order valence-corrected chi connectivity index (χ0v) is 31.0. The Balaban J connectivity index is 1.54. The predicted octanol–water partition coefficient (Wildman–Crippen LogP) is 4.06. The third kappa shape index (κ3) is 7.95. The van der Waals surface area contributed by atoms with Crippen LogP contribution in [0.1, 0.15) is 43.9 Å². The third-order valence-corrected chi connectivity index (χ3v) is 12.3. The Morgan fingerprint density at radius 2 is 1.56 bits per heavy atom. The number of hydrogen-bond acceptors (Lipinski definition) is 8. The van der Waals surface area contributed by atoms with E-state index in [-0.39, 0.29) is 38.6 Å². The number of ether oxygens (including phenoxy) is 1. The molecule has 0 unspecified atom stereocenters. The minimum absolute atomic E-state index is 0.0352. The van der Waals surface area contributed by atoms with E-state index in [4.69, 9.17) is 4.74 Å². The predicted molar refractivity (Wildman–Crippen MR) is 196 cm³/mol. The van der Waals surface area contributed by atoms with Crippen LogP contribution in [-0.2, 0) is 42.6 Å². The van der Waals surface area contributed by atoms with Crippen LogP contribution < -0.4 is 15.5 Å². The van der Waals surface area contributed by atoms with Gasteiger partial charge in [-0.3, -0.25) is 19.2 Å². The molecule has 2 aliphatic rings. The maximum Gasteiger partial charge on any atom is 0.264 e. The van der Waals surface area contributed by atoms with Gasteiger partial charge in [0.05, 0.1) is 31.4 Å². The monoisotopic (exact) mass is 734 g/mol. The topological polar surface area (TPSA) is 169 Å². The molecule has 2 aliphatic heterocycles. The average molecular weight is 735 g/mol. The molecule has 0 aliphatic carbocycles. The van der Waals surface area contributed by atoms with Gasteiger partial charge in [0, 0.05) is 41.5 Å². The summed E-state index contributed by atoms with van der Waals surface area (Å²) in [6.07, 6.45) is -3.75. The fourth-order valence-electron chi connectivity index (χ4n) is 7.42. The molecule has 3 aromatic carbocycles. The van der Waals surface area contributed by atoms with E-state index >= 15 is 4.11 Å². The molecule has 6 atom stereocenters. The van der Waals surface area contributed by atoms with Crippen LogP contribution in [0, 0.1) is 5.92 Å². The maximum atomic E-state index is 16.5. The first-order chi connectivity index (χ1) is 24.6. The molecule has 2 heterocycles. The van der Waals surface area contributed by atoms with Crippen molar-refractivity contribution in [2.24, 2.45) is 5.92 Å². The van der Waals surface area contributed by atoms with Crippen LogP contribution in [0.3, 0.4) is 0 Å². The number of aliphatic hydroxyl groups excluding tert-OH is 3. The summed E-state index contributed by atoms with van der Waals surface area (Å²) in [7, 11) is -3.65. The number of benzene rings is 3. The van der Waals surface area contributed by atoms with Crippen LogP contribution >= 0.6 is 0 Å². The second kappa shape index (κ2) is 15.6. The van der Waals surface area contributed by atoms with Crippen LogP contribution in [0.25, 0.3) is 0 Å². The summed E-state index contributed by atoms with van der Waals surface area (Å²) in [4.78, 5) is 56.5. The highest BCUT2D eigenvalue weighted by Crippen LogP contribution is 2.60. The first-order valence-electron chi connectivity index (χ1n) is 17.4. The summed E-state index contributed by atoms with van der Waals surface area (Å²) < 4.78 is 23.3. The largest absolute Gasteiger partial charge is 0.395 e. The summed E-state index contributed by atoms with van der Waals surface area (Å²) in [5.74, 6) is -2.82. The standard InChI is InChI=1S/C38H47FN4O8Si/c1-23-34(52(4,5)39)32(20-33(47)42(16-17-44)21-26-10-7-6-8-11-26)51-38(23)30-19-29(41-36(49)25(3)46)14-15-31(30)43(37(38)50)22-27-12-9-13-28(18-27)40-35(48)24(2)45/h6-15,18-19,23-25,32,34,44-46H,16-17,20-22H2,1-5H3,(H,40,48)(H,41,49)/t23-,24-,25-,32+,34-,38+/m0/s1. The average Bonchev–Trinajstić information content (AvgIpc) is 3.50. The lowest BCUT2D eigenvalue weighted by molar-refractivity contribution is -0.150. The van der Waals surface area contributed by atoms with Crippen molar-refractivity contribution in [3.05, 3.63) is 89.5 Å². The van der Waals surface area contributed by atoms with Crippen molar-refractivity contribution in [3.63, 3.8) is 0 Å². The Morgan fingerprint density at radius 1 is 0.942 bits per heavy atom. The SMILES string of the molecule is C[C@H](O)C(=O)Nc1cccc(CN2C(=O)[C@]3(O[C@H](CC(=O)N(CCO)Cc4ccccc4)[C@@H]([Si](C)(C)F)[C@@H]3C)c3cc(NC(=O)[C@H](C)O)ccc32)c1. The van der Waals surface area contributed by atoms with Crippen molar-refractivity contribution in [3.8, 4) is 0 Å². The van der Waals surface area contributed by atoms with Crippen molar-refractivity contribution in [2.45, 2.75) is 82.8 Å². The molecule has 52 heavy (non-hydrogen) atoms. The number of carbonyl (C=O) groups is 4. The van der Waals surface area contributed by atoms with E-state index in [0.717, 1.165) is 5.56 Å². The van der Waals surface area contributed by atoms with Crippen molar-refractivity contribution < 1.29 is 43.3 Å². The Morgan fingerprint density at radius 3 is 2.15 bits per heavy atom. The van der Waals surface area contributed by atoms with Gasteiger partial charge in [0.2, 0.25) is 14.3 Å². The Hall–Kier alpha value is -4.47. The minimum Gasteiger partial charge on any atom is -0.395 e. The van der Waals surface area contributed by atoms with Gasteiger partial charge in [-0.1, -0.05) is 49.4 Å². The Bertz CT molecular complexity index is 1800. The molecule has 278 valence electrons. The first-order valence-corrected chi connectivity index (χ1v) is 20.3. The van der Waals surface area contributed by atoms with Gasteiger partial charge in [0.15, 0.2) is 5.60 Å². The molecule has 14 heteroatoms. The quantitative estimate of drug-likeness (QED) is 0.130. The van der Waals surface area contributed by atoms with Crippen molar-refractivity contribution in [2.75, 3.05) is 28.7 Å². The summed E-state index contributed by atoms with van der Waals surface area (Å²) in [6.45, 7) is 7.56. The number of hydrogen-bond donors (Lipinski definition) is 5. The summed E-state index contributed by atoms with van der Waals surface area (Å²) >= 11 is 0. The molecular weight excluding hydrogens is 688 g/mol. The Kier molecular flexibility index (Phi) is 11.7. The van der Waals surface area contributed by atoms with Gasteiger partial charge < -0.3 is 44.6 Å². The molecule has 0 radical (unpaired) electrons. The molecular formula is C38H47FN4O8Si. The molecule has 0 aromatic heterocycles. The molecule has 1 fully saturated rings. The molecule has 0 bridgehead atoms. The van der Waals surface area contributed by atoms with Crippen LogP contribution in [0.4, 0.5) is 21.2 Å². The zero-order valence-electron chi connectivity index (χ0n) is 30.0. The maximum absolute atomic E-state index is 16.5. The second-order valence-corrected chi connectivity index (χ2v) is 17.9. The van der Waals surface area contributed by atoms with Crippen molar-refractivity contribution >= 4 is 49.1 Å². The summed E-state index contributed by atoms with van der Waals surface area (Å²) in [5.41, 5.74) is 0.529. The van der Waals surface area contributed by atoms with Gasteiger partial charge in [0.1, 0.15) is 12.2 Å². The highest BCUT2D eigenvalue weighted by atomic mass is 28.4. The van der Waals surface area contributed by atoms with E-state index in [1.54, 1.807) is 49.4 Å². The van der Waals surface area contributed by atoms with Gasteiger partial charge in [-0.15, -0.1) is 0 Å². The number of halogens is 1. The van der Waals surface area contributed by atoms with Gasteiger partial charge >= 0.3 is 0 Å². The van der Waals surface area contributed by atoms with E-state index in [1.807, 2.05) is 30.3 Å². The number of carbonyl (C=O) groups excluding carboxylic acids is 4. The normalized spacial score (nSPS) is 22.2. The number of nitrogens with one attached hydrogen (secondary N) is 2. The van der Waals surface area contributed by atoms with Crippen LogP contribution in [0.5, 0.6) is 0 Å². The van der Waals surface area contributed by atoms with Gasteiger partial charge in [-0.05, 0) is 68.4 Å². The van der Waals surface area contributed by atoms with E-state index in [1.165, 1.54) is 36.7 Å². The third-order valence-electron chi connectivity index (χ3n) is 9.84. The smallest absolute Gasteiger partial charge is 0.264 e. The lowest BCUT2D eigenvalue weighted by Crippen LogP contribution is -2.45. The molecule has 4 amide bonds. The molecule has 1 saturated heterocycles. The minimum atomic E-state index is -3.65. The number of rotatable bonds is 13. The van der Waals surface area contributed by atoms with Crippen LogP contribution in [0.2, 0.25) is 18.6 Å². The lowest BCUT2D eigenvalue weighted by atomic mass is 9.82. The number of amides is 4. The molecule has 5 N–H and O–H groups in total. The highest BCUT2D eigenvalue weighted by molar-refractivity contribution is 6.72. The summed E-state index contributed by atoms with van der Waals surface area (Å²) in [6, 6.07) is 21.0. The van der Waals surface area contributed by atoms with Crippen molar-refractivity contribution in [1.82, 2.24) is 4.90 Å². The Labute approximate surface area is 303 Å². The molecule has 3 aromatic rings. The number of anilines is 3. The van der Waals surface area contributed by atoms with E-state index in [0.29, 0.717) is 28.2 Å². The number of fused-ring (bicyclic) bond motifs is 2. The highest BCUT2D eigenvalue weighted by Gasteiger charge is 2.67. The summed E-state index contributed by atoms with van der Waals surface area (Å²) in [5, 5.41) is 34.7. The molecule has 5 rings (SSSR count). The lowest BCUT2D eigenvalue weighted by Gasteiger charge is -2.31. The first kappa shape index (κ1) is 38.8. The van der Waals surface area contributed by atoms with Gasteiger partial charge in [0.25, 0.3) is 17.7 Å². The second-order valence-electron chi connectivity index (χ2n) is 14.2.